The number of aliphatic carboxylic acids is 1. The number of fused-ring (bicyclic) bond motifs is 1. The molecule has 158 valence electrons. The van der Waals surface area contributed by atoms with Crippen molar-refractivity contribution in [1.29, 1.82) is 0 Å². The summed E-state index contributed by atoms with van der Waals surface area (Å²) >= 11 is 6.54. The van der Waals surface area contributed by atoms with Crippen molar-refractivity contribution in [3.8, 4) is 0 Å². The van der Waals surface area contributed by atoms with Crippen molar-refractivity contribution in [2.24, 2.45) is 5.41 Å². The quantitative estimate of drug-likeness (QED) is 0.752. The zero-order chi connectivity index (χ0) is 21.3. The highest BCUT2D eigenvalue weighted by molar-refractivity contribution is 6.32. The molecule has 2 aliphatic rings. The first kappa shape index (κ1) is 20.6. The van der Waals surface area contributed by atoms with Gasteiger partial charge < -0.3 is 19.7 Å². The number of aromatic amines is 1. The molecule has 2 aromatic rings. The number of allylic oxidation sites excluding steroid dienone is 5. The number of nitrogens with zero attached hydrogens (tertiary/aromatic N) is 3. The van der Waals surface area contributed by atoms with Crippen LogP contribution in [0.4, 0.5) is 0 Å². The lowest BCUT2D eigenvalue weighted by Gasteiger charge is -2.30. The first-order valence-corrected chi connectivity index (χ1v) is 10.4. The van der Waals surface area contributed by atoms with Gasteiger partial charge in [0, 0.05) is 37.2 Å². The smallest absolute Gasteiger partial charge is 0.309 e. The molecular weight excluding hydrogens is 404 g/mol. The lowest BCUT2D eigenvalue weighted by Crippen LogP contribution is -2.35. The number of H-pyrrole nitrogens is 1. The molecule has 0 bridgehead atoms. The number of aromatic nitrogens is 3. The van der Waals surface area contributed by atoms with E-state index in [2.05, 4.69) is 32.0 Å². The number of rotatable bonds is 5. The second-order valence-electron chi connectivity index (χ2n) is 8.23. The topological polar surface area (TPSA) is 91.3 Å². The van der Waals surface area contributed by atoms with Crippen molar-refractivity contribution in [3.63, 3.8) is 0 Å². The number of carbonyl (C=O) groups is 1. The van der Waals surface area contributed by atoms with E-state index < -0.39 is 11.4 Å². The third-order valence-corrected chi connectivity index (χ3v) is 5.72. The third-order valence-electron chi connectivity index (χ3n) is 5.43. The van der Waals surface area contributed by atoms with E-state index in [4.69, 9.17) is 16.3 Å². The van der Waals surface area contributed by atoms with Crippen LogP contribution >= 0.6 is 11.6 Å². The molecule has 2 N–H and O–H groups in total. The number of halogens is 1. The molecule has 2 aromatic heterocycles. The van der Waals surface area contributed by atoms with Crippen LogP contribution in [0.3, 0.4) is 0 Å². The largest absolute Gasteiger partial charge is 0.481 e. The molecule has 1 aliphatic heterocycles. The predicted molar refractivity (Wildman–Crippen MR) is 116 cm³/mol. The molecule has 30 heavy (non-hydrogen) atoms. The Bertz CT molecular complexity index is 1060. The van der Waals surface area contributed by atoms with Crippen molar-refractivity contribution in [3.05, 3.63) is 52.6 Å². The Hall–Kier alpha value is -2.64. The second kappa shape index (κ2) is 8.24. The number of hydrogen-bond acceptors (Lipinski definition) is 5. The van der Waals surface area contributed by atoms with Crippen molar-refractivity contribution in [1.82, 2.24) is 19.9 Å². The highest BCUT2D eigenvalue weighted by atomic mass is 35.5. The summed E-state index contributed by atoms with van der Waals surface area (Å²) in [5.41, 5.74) is 3.13. The summed E-state index contributed by atoms with van der Waals surface area (Å²) in [4.78, 5) is 26.1. The maximum absolute atomic E-state index is 11.4. The van der Waals surface area contributed by atoms with Crippen LogP contribution in [0.15, 0.2) is 36.1 Å². The monoisotopic (exact) mass is 428 g/mol. The Balaban J connectivity index is 1.63. The molecule has 1 saturated heterocycles. The van der Waals surface area contributed by atoms with E-state index in [1.807, 2.05) is 12.2 Å². The number of carboxylic acid groups (broad SMARTS) is 1. The molecule has 3 heterocycles. The Morgan fingerprint density at radius 3 is 2.80 bits per heavy atom. The number of carboxylic acids is 1. The van der Waals surface area contributed by atoms with Crippen molar-refractivity contribution < 1.29 is 14.6 Å². The fourth-order valence-electron chi connectivity index (χ4n) is 3.61. The van der Waals surface area contributed by atoms with Gasteiger partial charge in [-0.25, -0.2) is 9.97 Å². The van der Waals surface area contributed by atoms with Gasteiger partial charge in [0.05, 0.1) is 34.9 Å². The van der Waals surface area contributed by atoms with Crippen LogP contribution in [0.5, 0.6) is 0 Å². The van der Waals surface area contributed by atoms with Gasteiger partial charge in [-0.05, 0) is 26.0 Å². The number of ether oxygens (including phenoxy) is 1. The minimum atomic E-state index is -0.923. The Labute approximate surface area is 180 Å². The van der Waals surface area contributed by atoms with Crippen LogP contribution in [-0.4, -0.2) is 57.2 Å². The highest BCUT2D eigenvalue weighted by Gasteiger charge is 2.29. The summed E-state index contributed by atoms with van der Waals surface area (Å²) in [5.74, 6) is -0.288. The molecule has 0 radical (unpaired) electrons. The number of imidazole rings is 1. The molecule has 7 nitrogen and oxygen atoms in total. The Morgan fingerprint density at radius 1 is 1.30 bits per heavy atom. The molecule has 0 atom stereocenters. The first-order valence-electron chi connectivity index (χ1n) is 10.0. The summed E-state index contributed by atoms with van der Waals surface area (Å²) in [7, 11) is 0. The Morgan fingerprint density at radius 2 is 2.07 bits per heavy atom. The summed E-state index contributed by atoms with van der Waals surface area (Å²) in [6.45, 7) is 6.65. The molecule has 0 amide bonds. The van der Waals surface area contributed by atoms with Crippen LogP contribution in [0, 0.1) is 5.41 Å². The van der Waals surface area contributed by atoms with Crippen molar-refractivity contribution >= 4 is 34.3 Å². The highest BCUT2D eigenvalue weighted by Crippen LogP contribution is 2.29. The number of hydrogen-bond donors (Lipinski definition) is 2. The van der Waals surface area contributed by atoms with Gasteiger partial charge in [0.2, 0.25) is 0 Å². The van der Waals surface area contributed by atoms with E-state index in [0.29, 0.717) is 27.7 Å². The summed E-state index contributed by atoms with van der Waals surface area (Å²) in [6.07, 6.45) is 9.43. The fourth-order valence-corrected chi connectivity index (χ4v) is 3.87. The summed E-state index contributed by atoms with van der Waals surface area (Å²) in [5, 5.41) is 9.89. The van der Waals surface area contributed by atoms with Gasteiger partial charge in [-0.1, -0.05) is 29.8 Å². The lowest BCUT2D eigenvalue weighted by molar-refractivity contribution is -0.146. The maximum atomic E-state index is 11.4. The number of nitrogens with one attached hydrogen (secondary N) is 1. The van der Waals surface area contributed by atoms with Gasteiger partial charge in [0.1, 0.15) is 5.82 Å². The molecule has 0 spiro atoms. The minimum absolute atomic E-state index is 0.278. The van der Waals surface area contributed by atoms with Gasteiger partial charge in [0.25, 0.3) is 0 Å². The van der Waals surface area contributed by atoms with Gasteiger partial charge in [-0.3, -0.25) is 4.79 Å². The normalized spacial score (nSPS) is 17.6. The maximum Gasteiger partial charge on any atom is 0.309 e. The number of pyridine rings is 1. The zero-order valence-corrected chi connectivity index (χ0v) is 17.9. The standard InChI is InChI=1S/C22H25ClN4O3/c1-22(2,21(28)29)13-18-24-17-12-16(23)19(26-20(17)25-18)14-4-3-5-15(7-6-14)27-8-10-30-11-9-27/h3-4,6-7,12H,5,8-11,13H2,1-2H3,(H,28,29)(H,24,25,26). The fraction of sp³-hybridized carbons (Fsp3) is 0.409. The van der Waals surface area contributed by atoms with E-state index in [1.165, 1.54) is 5.70 Å². The summed E-state index contributed by atoms with van der Waals surface area (Å²) < 4.78 is 5.44. The molecule has 0 saturated carbocycles. The molecule has 1 fully saturated rings. The lowest BCUT2D eigenvalue weighted by atomic mass is 9.89. The van der Waals surface area contributed by atoms with Gasteiger partial charge in [-0.2, -0.15) is 0 Å². The van der Waals surface area contributed by atoms with E-state index in [1.54, 1.807) is 19.9 Å². The average Bonchev–Trinajstić information content (AvgIpc) is 2.93. The van der Waals surface area contributed by atoms with Gasteiger partial charge in [-0.15, -0.1) is 0 Å². The molecule has 4 rings (SSSR count). The molecule has 0 unspecified atom stereocenters. The van der Waals surface area contributed by atoms with E-state index in [-0.39, 0.29) is 6.42 Å². The van der Waals surface area contributed by atoms with E-state index in [9.17, 15) is 9.90 Å². The molecule has 0 aromatic carbocycles. The number of morpholine rings is 1. The zero-order valence-electron chi connectivity index (χ0n) is 17.1. The SMILES string of the molecule is CC(C)(Cc1nc2nc(C3=CC=C(N4CCOCC4)CC=C3)c(Cl)cc2[nH]1)C(=O)O. The van der Waals surface area contributed by atoms with E-state index >= 15 is 0 Å². The predicted octanol–water partition coefficient (Wildman–Crippen LogP) is 3.82. The van der Waals surface area contributed by atoms with E-state index in [0.717, 1.165) is 38.3 Å². The van der Waals surface area contributed by atoms with Gasteiger partial charge in [0.15, 0.2) is 5.65 Å². The minimum Gasteiger partial charge on any atom is -0.481 e. The van der Waals surface area contributed by atoms with Crippen LogP contribution in [0.25, 0.3) is 16.7 Å². The van der Waals surface area contributed by atoms with Crippen molar-refractivity contribution in [2.75, 3.05) is 26.3 Å². The Kier molecular flexibility index (Phi) is 5.66. The average molecular weight is 429 g/mol. The molecule has 1 aliphatic carbocycles. The second-order valence-corrected chi connectivity index (χ2v) is 8.63. The van der Waals surface area contributed by atoms with Crippen LogP contribution < -0.4 is 0 Å². The van der Waals surface area contributed by atoms with Crippen LogP contribution in [0.1, 0.15) is 31.8 Å². The first-order chi connectivity index (χ1) is 14.3. The van der Waals surface area contributed by atoms with Crippen molar-refractivity contribution in [2.45, 2.75) is 26.7 Å². The van der Waals surface area contributed by atoms with Gasteiger partial charge >= 0.3 is 5.97 Å². The molecular formula is C22H25ClN4O3. The van der Waals surface area contributed by atoms with Crippen LogP contribution in [-0.2, 0) is 16.0 Å². The molecule has 8 heteroatoms. The third kappa shape index (κ3) is 4.27. The van der Waals surface area contributed by atoms with Crippen LogP contribution in [0.2, 0.25) is 5.02 Å². The summed E-state index contributed by atoms with van der Waals surface area (Å²) in [6, 6.07) is 1.80.